The second-order valence-electron chi connectivity index (χ2n) is 2.07. The van der Waals surface area contributed by atoms with Crippen LogP contribution in [0.4, 0.5) is 0 Å². The normalized spacial score (nSPS) is 12.2. The quantitative estimate of drug-likeness (QED) is 0.458. The van der Waals surface area contributed by atoms with Crippen molar-refractivity contribution in [3.8, 4) is 0 Å². The zero-order chi connectivity index (χ0) is 8.97. The van der Waals surface area contributed by atoms with Crippen LogP contribution in [0.5, 0.6) is 0 Å². The Morgan fingerprint density at radius 2 is 2.58 bits per heavy atom. The molecule has 1 aromatic rings. The molecule has 6 heteroatoms. The minimum Gasteiger partial charge on any atom is -0.396 e. The first-order valence-corrected chi connectivity index (χ1v) is 4.42. The van der Waals surface area contributed by atoms with Crippen molar-refractivity contribution in [2.24, 2.45) is 5.11 Å². The summed E-state index contributed by atoms with van der Waals surface area (Å²) in [5.41, 5.74) is 8.15. The number of hydrogen-bond acceptors (Lipinski definition) is 3. The van der Waals surface area contributed by atoms with Gasteiger partial charge < -0.3 is 5.11 Å². The van der Waals surface area contributed by atoms with Gasteiger partial charge in [-0.2, -0.15) is 0 Å². The Kier molecular flexibility index (Phi) is 3.37. The monoisotopic (exact) mass is 203 g/mol. The molecule has 1 heterocycles. The van der Waals surface area contributed by atoms with Crippen molar-refractivity contribution in [3.05, 3.63) is 31.8 Å². The zero-order valence-electron chi connectivity index (χ0n) is 6.01. The molecule has 0 saturated heterocycles. The third-order valence-corrected chi connectivity index (χ3v) is 2.66. The van der Waals surface area contributed by atoms with Gasteiger partial charge in [-0.3, -0.25) is 0 Å². The molecule has 12 heavy (non-hydrogen) atoms. The van der Waals surface area contributed by atoms with E-state index < -0.39 is 6.04 Å². The van der Waals surface area contributed by atoms with Gasteiger partial charge in [0.15, 0.2) is 0 Å². The van der Waals surface area contributed by atoms with E-state index >= 15 is 0 Å². The van der Waals surface area contributed by atoms with Crippen LogP contribution in [0.25, 0.3) is 10.4 Å². The SMILES string of the molecule is [N-]=[N+]=NC(CO)c1cc(Cl)cs1. The Bertz CT molecular complexity index is 307. The number of thiophene rings is 1. The Balaban J connectivity index is 2.86. The van der Waals surface area contributed by atoms with Crippen molar-refractivity contribution in [2.75, 3.05) is 6.61 Å². The number of nitrogens with zero attached hydrogens (tertiary/aromatic N) is 3. The first kappa shape index (κ1) is 9.35. The molecule has 0 aromatic carbocycles. The number of azide groups is 1. The van der Waals surface area contributed by atoms with E-state index in [1.54, 1.807) is 11.4 Å². The molecule has 1 unspecified atom stereocenters. The lowest BCUT2D eigenvalue weighted by molar-refractivity contribution is 0.269. The van der Waals surface area contributed by atoms with Crippen LogP contribution in [0.1, 0.15) is 10.9 Å². The van der Waals surface area contributed by atoms with E-state index in [1.807, 2.05) is 0 Å². The van der Waals surface area contributed by atoms with Gasteiger partial charge in [0, 0.05) is 15.2 Å². The molecule has 1 aromatic heterocycles. The van der Waals surface area contributed by atoms with Crippen LogP contribution >= 0.6 is 22.9 Å². The van der Waals surface area contributed by atoms with Gasteiger partial charge in [-0.05, 0) is 11.6 Å². The van der Waals surface area contributed by atoms with Crippen LogP contribution in [-0.2, 0) is 0 Å². The van der Waals surface area contributed by atoms with E-state index in [0.717, 1.165) is 4.88 Å². The predicted octanol–water partition coefficient (Wildman–Crippen LogP) is 2.75. The molecule has 4 nitrogen and oxygen atoms in total. The average Bonchev–Trinajstić information content (AvgIpc) is 2.47. The minimum atomic E-state index is -0.507. The summed E-state index contributed by atoms with van der Waals surface area (Å²) in [6.07, 6.45) is 0. The van der Waals surface area contributed by atoms with Crippen LogP contribution in [-0.4, -0.2) is 11.7 Å². The maximum absolute atomic E-state index is 8.82. The van der Waals surface area contributed by atoms with Gasteiger partial charge in [0.25, 0.3) is 0 Å². The number of halogens is 1. The number of aliphatic hydroxyl groups is 1. The second-order valence-corrected chi connectivity index (χ2v) is 3.45. The van der Waals surface area contributed by atoms with Crippen LogP contribution in [0.15, 0.2) is 16.6 Å². The molecule has 0 spiro atoms. The molecular weight excluding hydrogens is 198 g/mol. The highest BCUT2D eigenvalue weighted by atomic mass is 35.5. The summed E-state index contributed by atoms with van der Waals surface area (Å²) in [5.74, 6) is 0. The highest BCUT2D eigenvalue weighted by Gasteiger charge is 2.09. The van der Waals surface area contributed by atoms with Gasteiger partial charge in [-0.1, -0.05) is 16.7 Å². The fraction of sp³-hybridized carbons (Fsp3) is 0.333. The summed E-state index contributed by atoms with van der Waals surface area (Å²) in [6, 6.07) is 1.18. The predicted molar refractivity (Wildman–Crippen MR) is 48.3 cm³/mol. The largest absolute Gasteiger partial charge is 0.396 e. The lowest BCUT2D eigenvalue weighted by Crippen LogP contribution is -1.96. The Morgan fingerprint density at radius 3 is 3.00 bits per heavy atom. The number of rotatable bonds is 3. The van der Waals surface area contributed by atoms with Gasteiger partial charge in [0.2, 0.25) is 0 Å². The molecule has 64 valence electrons. The summed E-state index contributed by atoms with van der Waals surface area (Å²) < 4.78 is 0. The van der Waals surface area contributed by atoms with Crippen LogP contribution in [0, 0.1) is 0 Å². The molecule has 0 fully saturated rings. The lowest BCUT2D eigenvalue weighted by Gasteiger charge is -2.01. The molecule has 0 saturated carbocycles. The molecule has 0 aliphatic heterocycles. The zero-order valence-corrected chi connectivity index (χ0v) is 7.59. The fourth-order valence-corrected chi connectivity index (χ4v) is 1.86. The van der Waals surface area contributed by atoms with Crippen molar-refractivity contribution >= 4 is 22.9 Å². The molecule has 0 radical (unpaired) electrons. The first-order valence-electron chi connectivity index (χ1n) is 3.17. The molecule has 0 bridgehead atoms. The Labute approximate surface area is 78.0 Å². The van der Waals surface area contributed by atoms with E-state index in [2.05, 4.69) is 10.0 Å². The van der Waals surface area contributed by atoms with E-state index in [0.29, 0.717) is 5.02 Å². The summed E-state index contributed by atoms with van der Waals surface area (Å²) in [5, 5.41) is 14.6. The molecule has 0 aliphatic carbocycles. The van der Waals surface area contributed by atoms with Gasteiger partial charge in [-0.15, -0.1) is 11.3 Å². The van der Waals surface area contributed by atoms with Gasteiger partial charge >= 0.3 is 0 Å². The van der Waals surface area contributed by atoms with Gasteiger partial charge in [0.05, 0.1) is 17.7 Å². The number of hydrogen-bond donors (Lipinski definition) is 1. The standard InChI is InChI=1S/C6H6ClN3OS/c7-4-1-6(12-3-4)5(2-11)9-10-8/h1,3,5,11H,2H2. The lowest BCUT2D eigenvalue weighted by atomic mass is 10.3. The van der Waals surface area contributed by atoms with E-state index in [1.165, 1.54) is 11.3 Å². The summed E-state index contributed by atoms with van der Waals surface area (Å²) in [7, 11) is 0. The maximum Gasteiger partial charge on any atom is 0.0949 e. The van der Waals surface area contributed by atoms with Crippen molar-refractivity contribution < 1.29 is 5.11 Å². The van der Waals surface area contributed by atoms with Crippen molar-refractivity contribution in [1.29, 1.82) is 0 Å². The molecule has 1 atom stereocenters. The maximum atomic E-state index is 8.82. The molecule has 1 rings (SSSR count). The molecule has 0 amide bonds. The summed E-state index contributed by atoms with van der Waals surface area (Å²) >= 11 is 7.02. The highest BCUT2D eigenvalue weighted by molar-refractivity contribution is 7.10. The molecule has 1 N–H and O–H groups in total. The fourth-order valence-electron chi connectivity index (χ4n) is 0.749. The van der Waals surface area contributed by atoms with Crippen molar-refractivity contribution in [3.63, 3.8) is 0 Å². The molecular formula is C6H6ClN3OS. The van der Waals surface area contributed by atoms with Gasteiger partial charge in [0.1, 0.15) is 0 Å². The Hall–Kier alpha value is -0.740. The Morgan fingerprint density at radius 1 is 1.83 bits per heavy atom. The summed E-state index contributed by atoms with van der Waals surface area (Å²) in [6.45, 7) is -0.194. The number of aliphatic hydroxyl groups excluding tert-OH is 1. The third-order valence-electron chi connectivity index (χ3n) is 1.28. The minimum absolute atomic E-state index is 0.194. The van der Waals surface area contributed by atoms with E-state index in [9.17, 15) is 0 Å². The van der Waals surface area contributed by atoms with Crippen LogP contribution in [0.2, 0.25) is 5.02 Å². The van der Waals surface area contributed by atoms with E-state index in [4.69, 9.17) is 22.2 Å². The first-order chi connectivity index (χ1) is 5.77. The van der Waals surface area contributed by atoms with Crippen LogP contribution in [0.3, 0.4) is 0 Å². The van der Waals surface area contributed by atoms with Crippen molar-refractivity contribution in [1.82, 2.24) is 0 Å². The van der Waals surface area contributed by atoms with Crippen LogP contribution < -0.4 is 0 Å². The average molecular weight is 204 g/mol. The van der Waals surface area contributed by atoms with Crippen molar-refractivity contribution in [2.45, 2.75) is 6.04 Å². The second kappa shape index (κ2) is 4.33. The van der Waals surface area contributed by atoms with Gasteiger partial charge in [-0.25, -0.2) is 0 Å². The molecule has 0 aliphatic rings. The third kappa shape index (κ3) is 2.12. The smallest absolute Gasteiger partial charge is 0.0949 e. The highest BCUT2D eigenvalue weighted by Crippen LogP contribution is 2.27. The van der Waals surface area contributed by atoms with E-state index in [-0.39, 0.29) is 6.61 Å². The summed E-state index contributed by atoms with van der Waals surface area (Å²) in [4.78, 5) is 3.40. The topological polar surface area (TPSA) is 69.0 Å².